The largest absolute Gasteiger partial charge is 0.398 e. The molecule has 0 unspecified atom stereocenters. The molecular formula is C13H11N7. The Morgan fingerprint density at radius 1 is 1.20 bits per heavy atom. The molecule has 3 heterocycles. The van der Waals surface area contributed by atoms with E-state index in [1.165, 1.54) is 0 Å². The second-order valence-electron chi connectivity index (χ2n) is 4.58. The lowest BCUT2D eigenvalue weighted by molar-refractivity contribution is 1.08. The third-order valence-corrected chi connectivity index (χ3v) is 3.45. The zero-order valence-electron chi connectivity index (χ0n) is 10.7. The van der Waals surface area contributed by atoms with Crippen molar-refractivity contribution in [2.45, 2.75) is 6.92 Å². The van der Waals surface area contributed by atoms with Gasteiger partial charge in [-0.3, -0.25) is 4.40 Å². The Morgan fingerprint density at radius 3 is 3.00 bits per heavy atom. The van der Waals surface area contributed by atoms with Crippen molar-refractivity contribution in [2.24, 2.45) is 0 Å². The molecule has 20 heavy (non-hydrogen) atoms. The molecule has 4 aromatic rings. The molecule has 0 fully saturated rings. The summed E-state index contributed by atoms with van der Waals surface area (Å²) in [6, 6.07) is 5.74. The third-order valence-electron chi connectivity index (χ3n) is 3.45. The maximum Gasteiger partial charge on any atom is 0.190 e. The number of nitrogen functional groups attached to an aromatic ring is 1. The molecule has 0 saturated carbocycles. The van der Waals surface area contributed by atoms with E-state index in [0.29, 0.717) is 17.1 Å². The van der Waals surface area contributed by atoms with E-state index < -0.39 is 0 Å². The van der Waals surface area contributed by atoms with Gasteiger partial charge in [-0.1, -0.05) is 12.1 Å². The van der Waals surface area contributed by atoms with Gasteiger partial charge >= 0.3 is 0 Å². The van der Waals surface area contributed by atoms with Gasteiger partial charge in [0.2, 0.25) is 0 Å². The normalized spacial score (nSPS) is 11.4. The standard InChI is InChI=1S/C13H11N7/c1-7-8(3-2-4-9(7)14)12-18-19-13-10-11(16-5-15-10)17-6-20(12)13/h2-6H,14H2,1H3,(H,15,16). The van der Waals surface area contributed by atoms with E-state index in [2.05, 4.69) is 25.1 Å². The van der Waals surface area contributed by atoms with E-state index in [4.69, 9.17) is 5.73 Å². The molecule has 0 amide bonds. The average molecular weight is 265 g/mol. The van der Waals surface area contributed by atoms with Crippen LogP contribution in [0.3, 0.4) is 0 Å². The van der Waals surface area contributed by atoms with Crippen LogP contribution in [0.5, 0.6) is 0 Å². The maximum absolute atomic E-state index is 5.96. The van der Waals surface area contributed by atoms with E-state index in [9.17, 15) is 0 Å². The van der Waals surface area contributed by atoms with Crippen molar-refractivity contribution in [3.63, 3.8) is 0 Å². The number of rotatable bonds is 1. The molecule has 98 valence electrons. The van der Waals surface area contributed by atoms with E-state index in [-0.39, 0.29) is 0 Å². The molecule has 3 aromatic heterocycles. The van der Waals surface area contributed by atoms with Crippen molar-refractivity contribution in [2.75, 3.05) is 5.73 Å². The molecular weight excluding hydrogens is 254 g/mol. The Morgan fingerprint density at radius 2 is 2.10 bits per heavy atom. The molecule has 7 nitrogen and oxygen atoms in total. The van der Waals surface area contributed by atoms with Gasteiger partial charge in [-0.2, -0.15) is 0 Å². The molecule has 4 rings (SSSR count). The molecule has 0 aliphatic carbocycles. The summed E-state index contributed by atoms with van der Waals surface area (Å²) in [5.74, 6) is 0.716. The van der Waals surface area contributed by atoms with Crippen LogP contribution in [0.15, 0.2) is 30.9 Å². The lowest BCUT2D eigenvalue weighted by Gasteiger charge is -2.06. The minimum Gasteiger partial charge on any atom is -0.398 e. The van der Waals surface area contributed by atoms with Crippen LogP contribution in [0.1, 0.15) is 5.56 Å². The highest BCUT2D eigenvalue weighted by molar-refractivity contribution is 5.85. The molecule has 1 aromatic carbocycles. The minimum absolute atomic E-state index is 0.626. The Labute approximate surface area is 113 Å². The van der Waals surface area contributed by atoms with Crippen molar-refractivity contribution >= 4 is 22.5 Å². The molecule has 7 heteroatoms. The van der Waals surface area contributed by atoms with E-state index in [1.54, 1.807) is 12.7 Å². The molecule has 3 N–H and O–H groups in total. The SMILES string of the molecule is Cc1c(N)cccc1-c1nnc2c3[nH]cnc3ncn12. The number of benzene rings is 1. The molecule has 0 aliphatic rings. The summed E-state index contributed by atoms with van der Waals surface area (Å²) < 4.78 is 1.84. The number of fused-ring (bicyclic) bond motifs is 3. The third kappa shape index (κ3) is 1.34. The highest BCUT2D eigenvalue weighted by atomic mass is 15.3. The first-order valence-corrected chi connectivity index (χ1v) is 6.14. The Hall–Kier alpha value is -2.96. The van der Waals surface area contributed by atoms with Crippen LogP contribution in [0.25, 0.3) is 28.2 Å². The van der Waals surface area contributed by atoms with Crippen molar-refractivity contribution in [3.8, 4) is 11.4 Å². The van der Waals surface area contributed by atoms with Gasteiger partial charge < -0.3 is 10.7 Å². The van der Waals surface area contributed by atoms with Gasteiger partial charge in [-0.15, -0.1) is 10.2 Å². The highest BCUT2D eigenvalue weighted by Crippen LogP contribution is 2.26. The first-order chi connectivity index (χ1) is 9.75. The fraction of sp³-hybridized carbons (Fsp3) is 0.0769. The number of aromatic amines is 1. The van der Waals surface area contributed by atoms with Gasteiger partial charge in [0, 0.05) is 11.3 Å². The van der Waals surface area contributed by atoms with E-state index >= 15 is 0 Å². The number of hydrogen-bond acceptors (Lipinski definition) is 5. The lowest BCUT2D eigenvalue weighted by atomic mass is 10.1. The second-order valence-corrected chi connectivity index (χ2v) is 4.58. The summed E-state index contributed by atoms with van der Waals surface area (Å²) in [7, 11) is 0. The van der Waals surface area contributed by atoms with E-state index in [0.717, 1.165) is 22.3 Å². The molecule has 0 radical (unpaired) electrons. The Balaban J connectivity index is 2.08. The van der Waals surface area contributed by atoms with Crippen molar-refractivity contribution in [1.29, 1.82) is 0 Å². The number of anilines is 1. The van der Waals surface area contributed by atoms with Crippen molar-refractivity contribution in [3.05, 3.63) is 36.4 Å². The predicted octanol–water partition coefficient (Wildman–Crippen LogP) is 1.56. The molecule has 0 spiro atoms. The zero-order valence-corrected chi connectivity index (χ0v) is 10.7. The van der Waals surface area contributed by atoms with Crippen LogP contribution in [0.4, 0.5) is 5.69 Å². The van der Waals surface area contributed by atoms with Crippen LogP contribution in [0.2, 0.25) is 0 Å². The number of H-pyrrole nitrogens is 1. The van der Waals surface area contributed by atoms with Crippen molar-refractivity contribution in [1.82, 2.24) is 29.5 Å². The maximum atomic E-state index is 5.96. The first kappa shape index (κ1) is 10.9. The van der Waals surface area contributed by atoms with Gasteiger partial charge in [0.15, 0.2) is 17.1 Å². The summed E-state index contributed by atoms with van der Waals surface area (Å²) in [6.45, 7) is 1.97. The summed E-state index contributed by atoms with van der Waals surface area (Å²) in [6.07, 6.45) is 3.27. The molecule has 0 aliphatic heterocycles. The summed E-state index contributed by atoms with van der Waals surface area (Å²) in [5, 5.41) is 8.49. The van der Waals surface area contributed by atoms with Gasteiger partial charge in [-0.25, -0.2) is 9.97 Å². The number of nitrogens with one attached hydrogen (secondary N) is 1. The summed E-state index contributed by atoms with van der Waals surface area (Å²) in [4.78, 5) is 11.4. The monoisotopic (exact) mass is 265 g/mol. The quantitative estimate of drug-likeness (QED) is 0.509. The lowest BCUT2D eigenvalue weighted by Crippen LogP contribution is -1.96. The predicted molar refractivity (Wildman–Crippen MR) is 75.0 cm³/mol. The average Bonchev–Trinajstić information content (AvgIpc) is 3.06. The molecule has 0 saturated heterocycles. The number of hydrogen-bond donors (Lipinski definition) is 2. The minimum atomic E-state index is 0.626. The van der Waals surface area contributed by atoms with E-state index in [1.807, 2.05) is 29.5 Å². The summed E-state index contributed by atoms with van der Waals surface area (Å²) >= 11 is 0. The zero-order chi connectivity index (χ0) is 13.7. The number of aromatic nitrogens is 6. The smallest absolute Gasteiger partial charge is 0.190 e. The van der Waals surface area contributed by atoms with Crippen LogP contribution >= 0.6 is 0 Å². The Kier molecular flexibility index (Phi) is 2.06. The Bertz CT molecular complexity index is 934. The van der Waals surface area contributed by atoms with Gasteiger partial charge in [0.05, 0.1) is 6.33 Å². The molecule has 0 atom stereocenters. The van der Waals surface area contributed by atoms with Crippen LogP contribution in [-0.4, -0.2) is 29.5 Å². The van der Waals surface area contributed by atoms with Gasteiger partial charge in [0.1, 0.15) is 11.8 Å². The van der Waals surface area contributed by atoms with Crippen LogP contribution in [0, 0.1) is 6.92 Å². The number of imidazole rings is 1. The topological polar surface area (TPSA) is 97.8 Å². The van der Waals surface area contributed by atoms with Crippen molar-refractivity contribution < 1.29 is 0 Å². The fourth-order valence-electron chi connectivity index (χ4n) is 2.31. The summed E-state index contributed by atoms with van der Waals surface area (Å²) in [5.41, 5.74) is 10.7. The number of nitrogens with zero attached hydrogens (tertiary/aromatic N) is 5. The fourth-order valence-corrected chi connectivity index (χ4v) is 2.31. The molecule has 0 bridgehead atoms. The second kappa shape index (κ2) is 3.77. The number of nitrogens with two attached hydrogens (primary N) is 1. The van der Waals surface area contributed by atoms with Gasteiger partial charge in [0.25, 0.3) is 0 Å². The van der Waals surface area contributed by atoms with Crippen LogP contribution < -0.4 is 5.73 Å². The highest BCUT2D eigenvalue weighted by Gasteiger charge is 2.14. The van der Waals surface area contributed by atoms with Gasteiger partial charge in [-0.05, 0) is 18.6 Å². The first-order valence-electron chi connectivity index (χ1n) is 6.14. The van der Waals surface area contributed by atoms with Crippen LogP contribution in [-0.2, 0) is 0 Å².